The lowest BCUT2D eigenvalue weighted by molar-refractivity contribution is 0.270. The average Bonchev–Trinajstić information content (AvgIpc) is 2.72. The van der Waals surface area contributed by atoms with E-state index in [0.29, 0.717) is 6.04 Å². The molecule has 0 aromatic carbocycles. The van der Waals surface area contributed by atoms with Crippen molar-refractivity contribution < 1.29 is 0 Å². The summed E-state index contributed by atoms with van der Waals surface area (Å²) in [7, 11) is 0. The molecule has 17 heavy (non-hydrogen) atoms. The molecule has 0 bridgehead atoms. The fourth-order valence-electron chi connectivity index (χ4n) is 2.01. The molecule has 1 heterocycles. The maximum absolute atomic E-state index is 4.22. The van der Waals surface area contributed by atoms with Crippen molar-refractivity contribution in [2.24, 2.45) is 0 Å². The second kappa shape index (κ2) is 7.45. The average molecular weight is 238 g/mol. The lowest BCUT2D eigenvalue weighted by Crippen LogP contribution is -2.40. The highest BCUT2D eigenvalue weighted by Gasteiger charge is 2.06. The number of likely N-dealkylation sites (N-methyl/N-ethyl adjacent to an activating group) is 1. The third-order valence-electron chi connectivity index (χ3n) is 3.20. The van der Waals surface area contributed by atoms with E-state index < -0.39 is 0 Å². The van der Waals surface area contributed by atoms with Crippen LogP contribution < -0.4 is 5.32 Å². The fourth-order valence-corrected chi connectivity index (χ4v) is 2.01. The lowest BCUT2D eigenvalue weighted by atomic mass is 10.3. The van der Waals surface area contributed by atoms with Crippen molar-refractivity contribution >= 4 is 0 Å². The zero-order valence-corrected chi connectivity index (χ0v) is 11.6. The number of aryl methyl sites for hydroxylation is 1. The Bertz CT molecular complexity index is 304. The van der Waals surface area contributed by atoms with E-state index >= 15 is 0 Å². The van der Waals surface area contributed by atoms with Gasteiger partial charge in [0.2, 0.25) is 0 Å². The number of hydrogen-bond donors (Lipinski definition) is 1. The summed E-state index contributed by atoms with van der Waals surface area (Å²) >= 11 is 0. The summed E-state index contributed by atoms with van der Waals surface area (Å²) in [6, 6.07) is 0.540. The Morgan fingerprint density at radius 2 is 2.12 bits per heavy atom. The van der Waals surface area contributed by atoms with E-state index in [-0.39, 0.29) is 0 Å². The first kappa shape index (κ1) is 14.2. The molecule has 1 aromatic rings. The molecule has 0 radical (unpaired) electrons. The quantitative estimate of drug-likeness (QED) is 0.745. The lowest BCUT2D eigenvalue weighted by Gasteiger charge is -2.23. The van der Waals surface area contributed by atoms with E-state index in [2.05, 4.69) is 40.5 Å². The number of rotatable bonds is 8. The molecule has 1 aromatic heterocycles. The molecule has 1 N–H and O–H groups in total. The van der Waals surface area contributed by atoms with Gasteiger partial charge in [0.25, 0.3) is 0 Å². The second-order valence-corrected chi connectivity index (χ2v) is 4.51. The Morgan fingerprint density at radius 1 is 1.41 bits per heavy atom. The van der Waals surface area contributed by atoms with Crippen molar-refractivity contribution in [3.05, 3.63) is 18.2 Å². The van der Waals surface area contributed by atoms with Crippen LogP contribution in [0.1, 0.15) is 26.6 Å². The Kier molecular flexibility index (Phi) is 6.22. The van der Waals surface area contributed by atoms with E-state index in [4.69, 9.17) is 0 Å². The predicted octanol–water partition coefficient (Wildman–Crippen LogP) is 1.51. The van der Waals surface area contributed by atoms with Crippen molar-refractivity contribution in [3.8, 4) is 0 Å². The molecule has 98 valence electrons. The molecule has 0 aliphatic rings. The molecule has 0 saturated heterocycles. The number of imidazole rings is 1. The van der Waals surface area contributed by atoms with Crippen LogP contribution in [0.15, 0.2) is 12.4 Å². The Morgan fingerprint density at radius 3 is 2.65 bits per heavy atom. The van der Waals surface area contributed by atoms with Gasteiger partial charge in [-0.05, 0) is 26.9 Å². The van der Waals surface area contributed by atoms with Crippen molar-refractivity contribution in [1.82, 2.24) is 19.8 Å². The van der Waals surface area contributed by atoms with Gasteiger partial charge >= 0.3 is 0 Å². The third kappa shape index (κ3) is 4.88. The van der Waals surface area contributed by atoms with Crippen LogP contribution in [0.25, 0.3) is 0 Å². The van der Waals surface area contributed by atoms with E-state index in [1.54, 1.807) is 0 Å². The summed E-state index contributed by atoms with van der Waals surface area (Å²) in [6.45, 7) is 14.1. The van der Waals surface area contributed by atoms with Crippen LogP contribution in [-0.4, -0.2) is 46.7 Å². The zero-order valence-electron chi connectivity index (χ0n) is 11.6. The Labute approximate surface area is 105 Å². The maximum atomic E-state index is 4.22. The highest BCUT2D eigenvalue weighted by atomic mass is 15.1. The van der Waals surface area contributed by atoms with Crippen LogP contribution in [0, 0.1) is 6.92 Å². The first-order valence-electron chi connectivity index (χ1n) is 6.60. The van der Waals surface area contributed by atoms with Crippen molar-refractivity contribution in [1.29, 1.82) is 0 Å². The number of nitrogens with one attached hydrogen (secondary N) is 1. The van der Waals surface area contributed by atoms with Gasteiger partial charge in [-0.15, -0.1) is 0 Å². The Balaban J connectivity index is 2.20. The monoisotopic (exact) mass is 238 g/mol. The summed E-state index contributed by atoms with van der Waals surface area (Å²) in [4.78, 5) is 6.66. The van der Waals surface area contributed by atoms with Gasteiger partial charge in [0, 0.05) is 38.1 Å². The maximum Gasteiger partial charge on any atom is 0.105 e. The molecular weight excluding hydrogens is 212 g/mol. The topological polar surface area (TPSA) is 33.1 Å². The molecule has 0 spiro atoms. The standard InChI is InChI=1S/C13H26N4/c1-5-16(6-2)11-12(3)14-7-9-17-10-8-15-13(17)4/h8,10,12,14H,5-7,9,11H2,1-4H3. The molecule has 0 aliphatic heterocycles. The molecule has 0 saturated carbocycles. The third-order valence-corrected chi connectivity index (χ3v) is 3.20. The van der Waals surface area contributed by atoms with Crippen molar-refractivity contribution in [2.45, 2.75) is 40.3 Å². The van der Waals surface area contributed by atoms with E-state index in [9.17, 15) is 0 Å². The minimum atomic E-state index is 0.540. The van der Waals surface area contributed by atoms with Gasteiger partial charge in [-0.3, -0.25) is 0 Å². The van der Waals surface area contributed by atoms with Crippen LogP contribution in [0.5, 0.6) is 0 Å². The molecule has 1 unspecified atom stereocenters. The number of nitrogens with zero attached hydrogens (tertiary/aromatic N) is 3. The van der Waals surface area contributed by atoms with Crippen LogP contribution in [0.4, 0.5) is 0 Å². The van der Waals surface area contributed by atoms with Gasteiger partial charge in [-0.2, -0.15) is 0 Å². The minimum absolute atomic E-state index is 0.540. The van der Waals surface area contributed by atoms with Crippen LogP contribution in [0.2, 0.25) is 0 Å². The van der Waals surface area contributed by atoms with E-state index in [1.165, 1.54) is 0 Å². The minimum Gasteiger partial charge on any atom is -0.334 e. The van der Waals surface area contributed by atoms with Gasteiger partial charge < -0.3 is 14.8 Å². The van der Waals surface area contributed by atoms with Gasteiger partial charge in [0.05, 0.1) is 0 Å². The SMILES string of the molecule is CCN(CC)CC(C)NCCn1ccnc1C. The first-order valence-corrected chi connectivity index (χ1v) is 6.60. The van der Waals surface area contributed by atoms with Crippen LogP contribution >= 0.6 is 0 Å². The van der Waals surface area contributed by atoms with Crippen LogP contribution in [0.3, 0.4) is 0 Å². The second-order valence-electron chi connectivity index (χ2n) is 4.51. The molecule has 0 fully saturated rings. The van der Waals surface area contributed by atoms with Gasteiger partial charge in [0.15, 0.2) is 0 Å². The summed E-state index contributed by atoms with van der Waals surface area (Å²) in [5.41, 5.74) is 0. The molecule has 0 aliphatic carbocycles. The highest BCUT2D eigenvalue weighted by molar-refractivity contribution is 4.88. The first-order chi connectivity index (χ1) is 8.17. The smallest absolute Gasteiger partial charge is 0.105 e. The molecule has 1 atom stereocenters. The number of aromatic nitrogens is 2. The van der Waals surface area contributed by atoms with Crippen molar-refractivity contribution in [2.75, 3.05) is 26.2 Å². The normalized spacial score (nSPS) is 13.2. The summed E-state index contributed by atoms with van der Waals surface area (Å²) in [5, 5.41) is 3.56. The highest BCUT2D eigenvalue weighted by Crippen LogP contribution is 1.95. The van der Waals surface area contributed by atoms with Gasteiger partial charge in [-0.25, -0.2) is 4.98 Å². The Hall–Kier alpha value is -0.870. The van der Waals surface area contributed by atoms with Crippen LogP contribution in [-0.2, 0) is 6.54 Å². The van der Waals surface area contributed by atoms with E-state index in [1.807, 2.05) is 19.3 Å². The largest absolute Gasteiger partial charge is 0.334 e. The van der Waals surface area contributed by atoms with Gasteiger partial charge in [-0.1, -0.05) is 13.8 Å². The molecule has 4 nitrogen and oxygen atoms in total. The number of hydrogen-bond acceptors (Lipinski definition) is 3. The molecule has 1 rings (SSSR count). The van der Waals surface area contributed by atoms with Crippen molar-refractivity contribution in [3.63, 3.8) is 0 Å². The zero-order chi connectivity index (χ0) is 12.7. The summed E-state index contributed by atoms with van der Waals surface area (Å²) in [5.74, 6) is 1.09. The summed E-state index contributed by atoms with van der Waals surface area (Å²) in [6.07, 6.45) is 3.89. The fraction of sp³-hybridized carbons (Fsp3) is 0.769. The predicted molar refractivity (Wildman–Crippen MR) is 72.2 cm³/mol. The van der Waals surface area contributed by atoms with Gasteiger partial charge in [0.1, 0.15) is 5.82 Å². The summed E-state index contributed by atoms with van der Waals surface area (Å²) < 4.78 is 2.18. The molecular formula is C13H26N4. The molecule has 0 amide bonds. The van der Waals surface area contributed by atoms with E-state index in [0.717, 1.165) is 38.5 Å². The molecule has 4 heteroatoms.